The second-order valence-corrected chi connectivity index (χ2v) is 9.17. The lowest BCUT2D eigenvalue weighted by Crippen LogP contribution is -2.50. The molecule has 3 rings (SSSR count). The van der Waals surface area contributed by atoms with Crippen molar-refractivity contribution in [2.24, 2.45) is 0 Å². The van der Waals surface area contributed by atoms with Crippen molar-refractivity contribution in [1.29, 1.82) is 0 Å². The fourth-order valence-electron chi connectivity index (χ4n) is 3.67. The zero-order valence-corrected chi connectivity index (χ0v) is 19.1. The van der Waals surface area contributed by atoms with Crippen LogP contribution in [0.3, 0.4) is 0 Å². The van der Waals surface area contributed by atoms with Gasteiger partial charge in [-0.1, -0.05) is 17.3 Å². The molecule has 1 saturated heterocycles. The molecule has 9 nitrogen and oxygen atoms in total. The van der Waals surface area contributed by atoms with Crippen LogP contribution in [0.15, 0.2) is 33.7 Å². The Morgan fingerprint density at radius 2 is 1.90 bits per heavy atom. The minimum atomic E-state index is -3.92. The number of ether oxygens (including phenoxy) is 2. The third-order valence-electron chi connectivity index (χ3n) is 5.14. The highest BCUT2D eigenvalue weighted by molar-refractivity contribution is 7.89. The van der Waals surface area contributed by atoms with Crippen molar-refractivity contribution in [3.8, 4) is 11.5 Å². The van der Waals surface area contributed by atoms with Crippen LogP contribution in [0.4, 0.5) is 0 Å². The van der Waals surface area contributed by atoms with E-state index in [1.807, 2.05) is 31.2 Å². The van der Waals surface area contributed by atoms with E-state index >= 15 is 0 Å². The Morgan fingerprint density at radius 1 is 1.26 bits per heavy atom. The third kappa shape index (κ3) is 5.37. The van der Waals surface area contributed by atoms with E-state index in [0.717, 1.165) is 0 Å². The van der Waals surface area contributed by atoms with Gasteiger partial charge in [0.1, 0.15) is 16.7 Å². The van der Waals surface area contributed by atoms with Crippen molar-refractivity contribution in [3.63, 3.8) is 0 Å². The van der Waals surface area contributed by atoms with Gasteiger partial charge in [-0.15, -0.1) is 0 Å². The number of rotatable bonds is 8. The van der Waals surface area contributed by atoms with Gasteiger partial charge in [0.25, 0.3) is 0 Å². The first-order chi connectivity index (χ1) is 14.7. The summed E-state index contributed by atoms with van der Waals surface area (Å²) < 4.78 is 44.4. The van der Waals surface area contributed by atoms with Crippen LogP contribution in [-0.2, 0) is 14.8 Å². The Morgan fingerprint density at radius 3 is 2.48 bits per heavy atom. The maximum Gasteiger partial charge on any atom is 0.246 e. The number of likely N-dealkylation sites (tertiary alicyclic amines) is 1. The van der Waals surface area contributed by atoms with Crippen LogP contribution in [0.2, 0.25) is 0 Å². The minimum Gasteiger partial charge on any atom is -0.490 e. The Hall–Kier alpha value is -2.59. The molecule has 1 atom stereocenters. The van der Waals surface area contributed by atoms with Gasteiger partial charge in [-0.3, -0.25) is 4.79 Å². The first kappa shape index (κ1) is 23.1. The van der Waals surface area contributed by atoms with Crippen LogP contribution in [0, 0.1) is 13.8 Å². The summed E-state index contributed by atoms with van der Waals surface area (Å²) in [5.74, 6) is 1.30. The van der Waals surface area contributed by atoms with Gasteiger partial charge >= 0.3 is 0 Å². The van der Waals surface area contributed by atoms with Gasteiger partial charge < -0.3 is 18.9 Å². The monoisotopic (exact) mass is 451 g/mol. The van der Waals surface area contributed by atoms with Crippen LogP contribution < -0.4 is 14.2 Å². The fraction of sp³-hybridized carbons (Fsp3) is 0.524. The average molecular weight is 452 g/mol. The summed E-state index contributed by atoms with van der Waals surface area (Å²) in [4.78, 5) is 14.5. The lowest BCUT2D eigenvalue weighted by atomic mass is 10.1. The molecule has 1 aromatic carbocycles. The van der Waals surface area contributed by atoms with E-state index in [1.165, 1.54) is 6.92 Å². The number of piperidine rings is 1. The molecule has 1 fully saturated rings. The van der Waals surface area contributed by atoms with Crippen molar-refractivity contribution in [3.05, 3.63) is 35.7 Å². The third-order valence-corrected chi connectivity index (χ3v) is 6.92. The number of carbonyl (C=O) groups is 1. The van der Waals surface area contributed by atoms with Crippen molar-refractivity contribution in [1.82, 2.24) is 14.8 Å². The van der Waals surface area contributed by atoms with Crippen molar-refractivity contribution < 1.29 is 27.2 Å². The highest BCUT2D eigenvalue weighted by Crippen LogP contribution is 2.29. The van der Waals surface area contributed by atoms with E-state index in [1.54, 1.807) is 18.7 Å². The number of amides is 1. The number of hydrogen-bond acceptors (Lipinski definition) is 7. The lowest BCUT2D eigenvalue weighted by Gasteiger charge is -2.34. The highest BCUT2D eigenvalue weighted by Gasteiger charge is 2.32. The molecule has 1 amide bonds. The smallest absolute Gasteiger partial charge is 0.246 e. The highest BCUT2D eigenvalue weighted by atomic mass is 32.2. The molecule has 0 aliphatic carbocycles. The molecular weight excluding hydrogens is 422 g/mol. The van der Waals surface area contributed by atoms with E-state index in [2.05, 4.69) is 9.88 Å². The largest absolute Gasteiger partial charge is 0.490 e. The van der Waals surface area contributed by atoms with Gasteiger partial charge in [0.2, 0.25) is 15.9 Å². The van der Waals surface area contributed by atoms with Gasteiger partial charge in [0, 0.05) is 25.9 Å². The summed E-state index contributed by atoms with van der Waals surface area (Å²) in [6, 6.07) is 6.61. The molecule has 2 heterocycles. The zero-order valence-electron chi connectivity index (χ0n) is 18.3. The molecule has 1 aromatic heterocycles. The standard InChI is InChI=1S/C21H29N3O6S/c1-5-28-18-8-6-7-9-19(18)29-17-10-12-24(13-11-17)21(25)15(3)23-31(26,27)20-14(2)22-30-16(20)4/h6-9,15,17,23H,5,10-13H2,1-4H3/t15-/m0/s1. The van der Waals surface area contributed by atoms with Gasteiger partial charge in [-0.25, -0.2) is 8.42 Å². The fourth-order valence-corrected chi connectivity index (χ4v) is 5.20. The quantitative estimate of drug-likeness (QED) is 0.656. The molecule has 1 aliphatic heterocycles. The number of para-hydroxylation sites is 2. The number of nitrogens with zero attached hydrogens (tertiary/aromatic N) is 2. The summed E-state index contributed by atoms with van der Waals surface area (Å²) in [6.07, 6.45) is 1.25. The summed E-state index contributed by atoms with van der Waals surface area (Å²) in [5.41, 5.74) is 0.259. The Balaban J connectivity index is 1.56. The lowest BCUT2D eigenvalue weighted by molar-refractivity contribution is -0.134. The van der Waals surface area contributed by atoms with E-state index in [4.69, 9.17) is 14.0 Å². The zero-order chi connectivity index (χ0) is 22.6. The normalized spacial score (nSPS) is 16.2. The van der Waals surface area contributed by atoms with E-state index in [0.29, 0.717) is 44.0 Å². The van der Waals surface area contributed by atoms with Gasteiger partial charge in [0.05, 0.1) is 12.6 Å². The molecule has 2 aromatic rings. The molecule has 0 bridgehead atoms. The van der Waals surface area contributed by atoms with Crippen molar-refractivity contribution in [2.45, 2.75) is 57.6 Å². The van der Waals surface area contributed by atoms with Crippen LogP contribution in [0.1, 0.15) is 38.1 Å². The van der Waals surface area contributed by atoms with Crippen molar-refractivity contribution >= 4 is 15.9 Å². The van der Waals surface area contributed by atoms with Gasteiger partial charge in [-0.05, 0) is 39.8 Å². The molecule has 0 unspecified atom stereocenters. The van der Waals surface area contributed by atoms with Crippen LogP contribution in [-0.4, -0.2) is 56.2 Å². The molecular formula is C21H29N3O6S. The first-order valence-corrected chi connectivity index (χ1v) is 11.8. The first-order valence-electron chi connectivity index (χ1n) is 10.4. The molecule has 31 heavy (non-hydrogen) atoms. The second kappa shape index (κ2) is 9.69. The molecule has 0 saturated carbocycles. The Bertz CT molecular complexity index is 992. The topological polar surface area (TPSA) is 111 Å². The number of benzene rings is 1. The van der Waals surface area contributed by atoms with Gasteiger partial charge in [0.15, 0.2) is 17.3 Å². The van der Waals surface area contributed by atoms with Crippen molar-refractivity contribution in [2.75, 3.05) is 19.7 Å². The van der Waals surface area contributed by atoms with Crippen LogP contribution >= 0.6 is 0 Å². The van der Waals surface area contributed by atoms with E-state index in [-0.39, 0.29) is 28.4 Å². The second-order valence-electron chi connectivity index (χ2n) is 7.52. The average Bonchev–Trinajstić information content (AvgIpc) is 3.08. The molecule has 0 radical (unpaired) electrons. The van der Waals surface area contributed by atoms with Crippen LogP contribution in [0.25, 0.3) is 0 Å². The molecule has 1 N–H and O–H groups in total. The molecule has 10 heteroatoms. The maximum atomic E-state index is 12.8. The maximum absolute atomic E-state index is 12.8. The summed E-state index contributed by atoms with van der Waals surface area (Å²) in [5, 5.41) is 3.67. The number of carbonyl (C=O) groups excluding carboxylic acids is 1. The molecule has 0 spiro atoms. The number of sulfonamides is 1. The van der Waals surface area contributed by atoms with E-state index < -0.39 is 16.1 Å². The molecule has 1 aliphatic rings. The van der Waals surface area contributed by atoms with Gasteiger partial charge in [-0.2, -0.15) is 4.72 Å². The Labute approximate surface area is 182 Å². The molecule has 170 valence electrons. The van der Waals surface area contributed by atoms with Crippen LogP contribution in [0.5, 0.6) is 11.5 Å². The minimum absolute atomic E-state index is 0.0211. The number of hydrogen-bond donors (Lipinski definition) is 1. The predicted octanol–water partition coefficient (Wildman–Crippen LogP) is 2.43. The summed E-state index contributed by atoms with van der Waals surface area (Å²) in [7, 11) is -3.92. The SMILES string of the molecule is CCOc1ccccc1OC1CCN(C(=O)[C@H](C)NS(=O)(=O)c2c(C)noc2C)CC1. The number of aromatic nitrogens is 1. The summed E-state index contributed by atoms with van der Waals surface area (Å²) >= 11 is 0. The number of aryl methyl sites for hydroxylation is 2. The number of nitrogens with one attached hydrogen (secondary N) is 1. The predicted molar refractivity (Wildman–Crippen MR) is 114 cm³/mol. The van der Waals surface area contributed by atoms with E-state index in [9.17, 15) is 13.2 Å². The summed E-state index contributed by atoms with van der Waals surface area (Å²) in [6.45, 7) is 8.05. The Kier molecular flexibility index (Phi) is 7.22.